The van der Waals surface area contributed by atoms with E-state index in [0.717, 1.165) is 11.3 Å². The Morgan fingerprint density at radius 2 is 1.83 bits per heavy atom. The minimum atomic E-state index is 0.594. The third-order valence-corrected chi connectivity index (χ3v) is 2.77. The van der Waals surface area contributed by atoms with E-state index in [4.69, 9.17) is 10.3 Å². The predicted molar refractivity (Wildman–Crippen MR) is 75.3 cm³/mol. The van der Waals surface area contributed by atoms with Crippen molar-refractivity contribution >= 4 is 23.5 Å². The fourth-order valence-electron chi connectivity index (χ4n) is 1.57. The highest BCUT2D eigenvalue weighted by atomic mass is 16.5. The van der Waals surface area contributed by atoms with E-state index in [-0.39, 0.29) is 0 Å². The van der Waals surface area contributed by atoms with Crippen molar-refractivity contribution in [1.29, 1.82) is 0 Å². The Bertz CT molecular complexity index is 553. The van der Waals surface area contributed by atoms with Gasteiger partial charge in [0.25, 0.3) is 0 Å². The monoisotopic (exact) mass is 243 g/mol. The Kier molecular flexibility index (Phi) is 3.37. The van der Waals surface area contributed by atoms with Gasteiger partial charge in [-0.2, -0.15) is 0 Å². The molecule has 0 amide bonds. The van der Waals surface area contributed by atoms with E-state index < -0.39 is 0 Å². The Balaban J connectivity index is 2.16. The molecule has 0 radical (unpaired) electrons. The molecule has 0 fully saturated rings. The van der Waals surface area contributed by atoms with Crippen molar-refractivity contribution in [2.75, 3.05) is 24.7 Å². The molecule has 2 N–H and O–H groups in total. The van der Waals surface area contributed by atoms with Crippen molar-refractivity contribution in [3.05, 3.63) is 41.3 Å². The molecular formula is C14H17N3O. The number of aryl methyl sites for hydroxylation is 1. The molecule has 1 aromatic heterocycles. The molecule has 2 rings (SSSR count). The first-order chi connectivity index (χ1) is 8.58. The summed E-state index contributed by atoms with van der Waals surface area (Å²) in [5.74, 6) is 0.601. The number of benzene rings is 1. The largest absolute Gasteiger partial charge is 0.394 e. The van der Waals surface area contributed by atoms with Gasteiger partial charge < -0.3 is 15.2 Å². The van der Waals surface area contributed by atoms with Gasteiger partial charge in [-0.1, -0.05) is 23.4 Å². The normalized spacial score (nSPS) is 11.1. The van der Waals surface area contributed by atoms with Gasteiger partial charge in [-0.15, -0.1) is 0 Å². The molecule has 0 aliphatic heterocycles. The minimum absolute atomic E-state index is 0.594. The van der Waals surface area contributed by atoms with Gasteiger partial charge in [0, 0.05) is 19.8 Å². The van der Waals surface area contributed by atoms with Gasteiger partial charge in [-0.05, 0) is 30.7 Å². The fraction of sp³-hybridized carbons (Fsp3) is 0.214. The Morgan fingerprint density at radius 3 is 2.33 bits per heavy atom. The summed E-state index contributed by atoms with van der Waals surface area (Å²) < 4.78 is 5.11. The van der Waals surface area contributed by atoms with Gasteiger partial charge in [0.2, 0.25) is 0 Å². The lowest BCUT2D eigenvalue weighted by Gasteiger charge is -2.11. The molecule has 0 unspecified atom stereocenters. The Hall–Kier alpha value is -2.23. The lowest BCUT2D eigenvalue weighted by molar-refractivity contribution is 0.408. The number of nitrogen functional groups attached to an aromatic ring is 1. The van der Waals surface area contributed by atoms with Gasteiger partial charge >= 0.3 is 0 Å². The van der Waals surface area contributed by atoms with Crippen LogP contribution in [0.15, 0.2) is 28.8 Å². The van der Waals surface area contributed by atoms with Crippen molar-refractivity contribution in [1.82, 2.24) is 5.16 Å². The lowest BCUT2D eigenvalue weighted by Crippen LogP contribution is -2.07. The van der Waals surface area contributed by atoms with Crippen LogP contribution in [0.25, 0.3) is 12.2 Å². The fourth-order valence-corrected chi connectivity index (χ4v) is 1.57. The van der Waals surface area contributed by atoms with E-state index in [1.165, 1.54) is 5.69 Å². The van der Waals surface area contributed by atoms with E-state index in [1.54, 1.807) is 0 Å². The lowest BCUT2D eigenvalue weighted by atomic mass is 10.1. The summed E-state index contributed by atoms with van der Waals surface area (Å²) in [5, 5.41) is 3.81. The molecule has 4 nitrogen and oxygen atoms in total. The number of hydrogen-bond donors (Lipinski definition) is 1. The summed E-state index contributed by atoms with van der Waals surface area (Å²) in [7, 11) is 4.03. The maximum Gasteiger partial charge on any atom is 0.182 e. The molecule has 0 bridgehead atoms. The van der Waals surface area contributed by atoms with Crippen LogP contribution in [0, 0.1) is 6.92 Å². The van der Waals surface area contributed by atoms with Gasteiger partial charge in [0.15, 0.2) is 5.76 Å². The molecule has 1 aromatic carbocycles. The molecular weight excluding hydrogens is 226 g/mol. The summed E-state index contributed by atoms with van der Waals surface area (Å²) in [5.41, 5.74) is 9.39. The molecule has 0 saturated carbocycles. The van der Waals surface area contributed by atoms with E-state index in [9.17, 15) is 0 Å². The van der Waals surface area contributed by atoms with Crippen LogP contribution in [-0.4, -0.2) is 19.3 Å². The number of anilines is 2. The highest BCUT2D eigenvalue weighted by Crippen LogP contribution is 2.19. The Morgan fingerprint density at radius 1 is 1.17 bits per heavy atom. The number of rotatable bonds is 3. The molecule has 4 heteroatoms. The number of nitrogens with zero attached hydrogens (tertiary/aromatic N) is 2. The van der Waals surface area contributed by atoms with Gasteiger partial charge in [-0.3, -0.25) is 0 Å². The quantitative estimate of drug-likeness (QED) is 0.900. The van der Waals surface area contributed by atoms with E-state index in [2.05, 4.69) is 22.2 Å². The molecule has 1 heterocycles. The summed E-state index contributed by atoms with van der Waals surface area (Å²) in [4.78, 5) is 2.06. The molecule has 0 aliphatic rings. The number of hydrogen-bond acceptors (Lipinski definition) is 4. The number of nitrogens with two attached hydrogens (primary N) is 1. The van der Waals surface area contributed by atoms with E-state index in [0.29, 0.717) is 11.4 Å². The van der Waals surface area contributed by atoms with Crippen LogP contribution in [-0.2, 0) is 0 Å². The summed E-state index contributed by atoms with van der Waals surface area (Å²) in [6.07, 6.45) is 3.79. The smallest absolute Gasteiger partial charge is 0.182 e. The maximum absolute atomic E-state index is 5.82. The highest BCUT2D eigenvalue weighted by molar-refractivity contribution is 5.73. The number of aromatic nitrogens is 1. The first-order valence-electron chi connectivity index (χ1n) is 5.75. The first kappa shape index (κ1) is 12.2. The molecule has 94 valence electrons. The maximum atomic E-state index is 5.82. The third kappa shape index (κ3) is 2.53. The van der Waals surface area contributed by atoms with Gasteiger partial charge in [0.05, 0.1) is 0 Å². The van der Waals surface area contributed by atoms with Gasteiger partial charge in [0.1, 0.15) is 11.4 Å². The van der Waals surface area contributed by atoms with Crippen LogP contribution in [0.5, 0.6) is 0 Å². The second-order valence-electron chi connectivity index (χ2n) is 4.37. The van der Waals surface area contributed by atoms with E-state index in [1.807, 2.05) is 45.3 Å². The van der Waals surface area contributed by atoms with Crippen LogP contribution < -0.4 is 10.6 Å². The second-order valence-corrected chi connectivity index (χ2v) is 4.37. The molecule has 0 atom stereocenters. The minimum Gasteiger partial charge on any atom is -0.394 e. The van der Waals surface area contributed by atoms with Crippen molar-refractivity contribution < 1.29 is 4.52 Å². The third-order valence-electron chi connectivity index (χ3n) is 2.77. The van der Waals surface area contributed by atoms with Crippen LogP contribution in [0.4, 0.5) is 11.4 Å². The SMILES string of the molecule is Cc1noc(C=Cc2ccc(N(C)C)cc2)c1N. The van der Waals surface area contributed by atoms with Crippen LogP contribution >= 0.6 is 0 Å². The molecule has 0 saturated heterocycles. The summed E-state index contributed by atoms with van der Waals surface area (Å²) in [6, 6.07) is 8.22. The molecule has 0 spiro atoms. The van der Waals surface area contributed by atoms with Crippen molar-refractivity contribution in [2.24, 2.45) is 0 Å². The summed E-state index contributed by atoms with van der Waals surface area (Å²) >= 11 is 0. The zero-order chi connectivity index (χ0) is 13.1. The van der Waals surface area contributed by atoms with Crippen molar-refractivity contribution in [3.8, 4) is 0 Å². The van der Waals surface area contributed by atoms with Crippen molar-refractivity contribution in [3.63, 3.8) is 0 Å². The van der Waals surface area contributed by atoms with Crippen LogP contribution in [0.1, 0.15) is 17.0 Å². The van der Waals surface area contributed by atoms with Crippen LogP contribution in [0.3, 0.4) is 0 Å². The zero-order valence-electron chi connectivity index (χ0n) is 10.8. The predicted octanol–water partition coefficient (Wildman–Crippen LogP) is 2.80. The zero-order valence-corrected chi connectivity index (χ0v) is 10.8. The average molecular weight is 243 g/mol. The first-order valence-corrected chi connectivity index (χ1v) is 5.75. The van der Waals surface area contributed by atoms with Crippen molar-refractivity contribution in [2.45, 2.75) is 6.92 Å². The van der Waals surface area contributed by atoms with Gasteiger partial charge in [-0.25, -0.2) is 0 Å². The summed E-state index contributed by atoms with van der Waals surface area (Å²) in [6.45, 7) is 1.82. The molecule has 18 heavy (non-hydrogen) atoms. The molecule has 0 aliphatic carbocycles. The standard InChI is InChI=1S/C14H17N3O/c1-10-14(15)13(18-16-10)9-6-11-4-7-12(8-5-11)17(2)3/h4-9H,15H2,1-3H3. The van der Waals surface area contributed by atoms with E-state index >= 15 is 0 Å². The Labute approximate surface area is 107 Å². The molecule has 2 aromatic rings. The average Bonchev–Trinajstić information content (AvgIpc) is 2.68. The second kappa shape index (κ2) is 4.96. The topological polar surface area (TPSA) is 55.3 Å². The van der Waals surface area contributed by atoms with Crippen LogP contribution in [0.2, 0.25) is 0 Å². The highest BCUT2D eigenvalue weighted by Gasteiger charge is 2.05.